The molecule has 1 aliphatic heterocycles. The van der Waals surface area contributed by atoms with Gasteiger partial charge in [-0.3, -0.25) is 9.78 Å². The van der Waals surface area contributed by atoms with Gasteiger partial charge in [0.2, 0.25) is 5.91 Å². The van der Waals surface area contributed by atoms with Crippen LogP contribution >= 0.6 is 0 Å². The molecule has 1 atom stereocenters. The molecule has 2 heterocycles. The maximum Gasteiger partial charge on any atom is 0.222 e. The standard InChI is InChI=1S/C17H27N3O/c1-14(16-5-10-19-11-6-16)13-17(21)20(2)12-7-15-3-8-18-9-4-15/h3-4,8-9,14,16,19H,5-7,10-13H2,1-2H3. The third-order valence-corrected chi connectivity index (χ3v) is 4.60. The number of nitrogens with one attached hydrogen (secondary N) is 1. The van der Waals surface area contributed by atoms with Crippen LogP contribution in [0.3, 0.4) is 0 Å². The monoisotopic (exact) mass is 289 g/mol. The molecule has 1 amide bonds. The van der Waals surface area contributed by atoms with Crippen LogP contribution in [-0.4, -0.2) is 42.5 Å². The van der Waals surface area contributed by atoms with E-state index in [4.69, 9.17) is 0 Å². The van der Waals surface area contributed by atoms with Crippen LogP contribution in [0.1, 0.15) is 31.7 Å². The molecule has 1 aromatic heterocycles. The summed E-state index contributed by atoms with van der Waals surface area (Å²) in [4.78, 5) is 18.2. The minimum absolute atomic E-state index is 0.273. The van der Waals surface area contributed by atoms with Gasteiger partial charge in [0, 0.05) is 32.4 Å². The predicted octanol–water partition coefficient (Wildman–Crippen LogP) is 2.11. The van der Waals surface area contributed by atoms with E-state index in [1.54, 1.807) is 12.4 Å². The van der Waals surface area contributed by atoms with Crippen LogP contribution in [0.4, 0.5) is 0 Å². The van der Waals surface area contributed by atoms with Crippen LogP contribution in [0.2, 0.25) is 0 Å². The number of piperidine rings is 1. The summed E-state index contributed by atoms with van der Waals surface area (Å²) in [5, 5.41) is 3.38. The molecule has 0 aliphatic carbocycles. The lowest BCUT2D eigenvalue weighted by Crippen LogP contribution is -2.34. The summed E-state index contributed by atoms with van der Waals surface area (Å²) in [6.07, 6.45) is 7.58. The fourth-order valence-electron chi connectivity index (χ4n) is 2.98. The zero-order valence-corrected chi connectivity index (χ0v) is 13.2. The second kappa shape index (κ2) is 8.13. The van der Waals surface area contributed by atoms with Crippen molar-refractivity contribution in [1.29, 1.82) is 0 Å². The van der Waals surface area contributed by atoms with E-state index in [-0.39, 0.29) is 5.91 Å². The third-order valence-electron chi connectivity index (χ3n) is 4.60. The lowest BCUT2D eigenvalue weighted by Gasteiger charge is -2.29. The molecule has 116 valence electrons. The van der Waals surface area contributed by atoms with Gasteiger partial charge in [0.1, 0.15) is 0 Å². The number of carbonyl (C=O) groups excluding carboxylic acids is 1. The highest BCUT2D eigenvalue weighted by Crippen LogP contribution is 2.24. The highest BCUT2D eigenvalue weighted by Gasteiger charge is 2.23. The molecule has 1 N–H and O–H groups in total. The Labute approximate surface area is 127 Å². The second-order valence-corrected chi connectivity index (χ2v) is 6.19. The number of rotatable bonds is 6. The highest BCUT2D eigenvalue weighted by molar-refractivity contribution is 5.76. The van der Waals surface area contributed by atoms with Crippen LogP contribution < -0.4 is 5.32 Å². The van der Waals surface area contributed by atoms with Crippen LogP contribution in [0.15, 0.2) is 24.5 Å². The second-order valence-electron chi connectivity index (χ2n) is 6.19. The molecule has 0 radical (unpaired) electrons. The topological polar surface area (TPSA) is 45.2 Å². The molecule has 4 nitrogen and oxygen atoms in total. The van der Waals surface area contributed by atoms with Crippen molar-refractivity contribution in [2.24, 2.45) is 11.8 Å². The van der Waals surface area contributed by atoms with Crippen molar-refractivity contribution >= 4 is 5.91 Å². The van der Waals surface area contributed by atoms with Crippen LogP contribution in [0.5, 0.6) is 0 Å². The van der Waals surface area contributed by atoms with E-state index in [9.17, 15) is 4.79 Å². The Hall–Kier alpha value is -1.42. The Morgan fingerprint density at radius 1 is 1.38 bits per heavy atom. The van der Waals surface area contributed by atoms with Crippen molar-refractivity contribution in [3.8, 4) is 0 Å². The Morgan fingerprint density at radius 2 is 2.05 bits per heavy atom. The summed E-state index contributed by atoms with van der Waals surface area (Å²) in [6, 6.07) is 4.02. The maximum atomic E-state index is 12.3. The van der Waals surface area contributed by atoms with Gasteiger partial charge in [0.15, 0.2) is 0 Å². The van der Waals surface area contributed by atoms with Gasteiger partial charge in [-0.2, -0.15) is 0 Å². The molecule has 1 aliphatic rings. The van der Waals surface area contributed by atoms with E-state index in [2.05, 4.69) is 17.2 Å². The minimum atomic E-state index is 0.273. The fraction of sp³-hybridized carbons (Fsp3) is 0.647. The van der Waals surface area contributed by atoms with Crippen molar-refractivity contribution in [2.75, 3.05) is 26.7 Å². The Morgan fingerprint density at radius 3 is 2.71 bits per heavy atom. The highest BCUT2D eigenvalue weighted by atomic mass is 16.2. The van der Waals surface area contributed by atoms with Crippen LogP contribution in [0, 0.1) is 11.8 Å². The number of pyridine rings is 1. The normalized spacial score (nSPS) is 17.4. The number of carbonyl (C=O) groups is 1. The molecule has 0 spiro atoms. The van der Waals surface area contributed by atoms with Gasteiger partial charge in [0.25, 0.3) is 0 Å². The van der Waals surface area contributed by atoms with Gasteiger partial charge in [-0.25, -0.2) is 0 Å². The van der Waals surface area contributed by atoms with Crippen molar-refractivity contribution in [3.05, 3.63) is 30.1 Å². The molecular formula is C17H27N3O. The first-order valence-corrected chi connectivity index (χ1v) is 8.00. The number of hydrogen-bond acceptors (Lipinski definition) is 3. The van der Waals surface area contributed by atoms with E-state index >= 15 is 0 Å². The van der Waals surface area contributed by atoms with Crippen molar-refractivity contribution < 1.29 is 4.79 Å². The van der Waals surface area contributed by atoms with Gasteiger partial charge in [-0.15, -0.1) is 0 Å². The van der Waals surface area contributed by atoms with Crippen LogP contribution in [-0.2, 0) is 11.2 Å². The minimum Gasteiger partial charge on any atom is -0.345 e. The zero-order chi connectivity index (χ0) is 15.1. The Bertz CT molecular complexity index is 429. The number of likely N-dealkylation sites (N-methyl/N-ethyl adjacent to an activating group) is 1. The lowest BCUT2D eigenvalue weighted by molar-refractivity contribution is -0.131. The van der Waals surface area contributed by atoms with Gasteiger partial charge < -0.3 is 10.2 Å². The fourth-order valence-corrected chi connectivity index (χ4v) is 2.98. The largest absolute Gasteiger partial charge is 0.345 e. The number of hydrogen-bond donors (Lipinski definition) is 1. The van der Waals surface area contributed by atoms with E-state index in [1.165, 1.54) is 18.4 Å². The first-order valence-electron chi connectivity index (χ1n) is 8.00. The molecule has 0 aromatic carbocycles. The van der Waals surface area contributed by atoms with Gasteiger partial charge in [0.05, 0.1) is 0 Å². The van der Waals surface area contributed by atoms with E-state index in [1.807, 2.05) is 24.1 Å². The molecule has 1 fully saturated rings. The van der Waals surface area contributed by atoms with Gasteiger partial charge in [-0.05, 0) is 61.9 Å². The summed E-state index contributed by atoms with van der Waals surface area (Å²) in [7, 11) is 1.92. The summed E-state index contributed by atoms with van der Waals surface area (Å²) in [5.74, 6) is 1.46. The third kappa shape index (κ3) is 5.12. The maximum absolute atomic E-state index is 12.3. The average molecular weight is 289 g/mol. The SMILES string of the molecule is CC(CC(=O)N(C)CCc1ccncc1)C1CCNCC1. The van der Waals surface area contributed by atoms with Crippen molar-refractivity contribution in [3.63, 3.8) is 0 Å². The number of aromatic nitrogens is 1. The van der Waals surface area contributed by atoms with Crippen molar-refractivity contribution in [1.82, 2.24) is 15.2 Å². The summed E-state index contributed by atoms with van der Waals surface area (Å²) < 4.78 is 0. The van der Waals surface area contributed by atoms with Gasteiger partial charge in [-0.1, -0.05) is 6.92 Å². The summed E-state index contributed by atoms with van der Waals surface area (Å²) in [6.45, 7) is 5.20. The van der Waals surface area contributed by atoms with E-state index in [0.29, 0.717) is 18.3 Å². The predicted molar refractivity (Wildman–Crippen MR) is 85.0 cm³/mol. The van der Waals surface area contributed by atoms with E-state index in [0.717, 1.165) is 26.1 Å². The first-order chi connectivity index (χ1) is 10.2. The molecule has 1 saturated heterocycles. The molecule has 2 rings (SSSR count). The summed E-state index contributed by atoms with van der Waals surface area (Å²) in [5.41, 5.74) is 1.23. The zero-order valence-electron chi connectivity index (χ0n) is 13.2. The van der Waals surface area contributed by atoms with Gasteiger partial charge >= 0.3 is 0 Å². The molecule has 4 heteroatoms. The Kier molecular flexibility index (Phi) is 6.18. The molecule has 21 heavy (non-hydrogen) atoms. The molecule has 1 aromatic rings. The van der Waals surface area contributed by atoms with Crippen molar-refractivity contribution in [2.45, 2.75) is 32.6 Å². The molecule has 1 unspecified atom stereocenters. The van der Waals surface area contributed by atoms with Crippen LogP contribution in [0.25, 0.3) is 0 Å². The van der Waals surface area contributed by atoms with E-state index < -0.39 is 0 Å². The smallest absolute Gasteiger partial charge is 0.222 e. The average Bonchev–Trinajstić information content (AvgIpc) is 2.54. The number of amides is 1. The number of nitrogens with zero attached hydrogens (tertiary/aromatic N) is 2. The molecule has 0 saturated carbocycles. The lowest BCUT2D eigenvalue weighted by atomic mass is 9.84. The molecule has 0 bridgehead atoms. The Balaban J connectivity index is 1.74. The molecular weight excluding hydrogens is 262 g/mol. The summed E-state index contributed by atoms with van der Waals surface area (Å²) >= 11 is 0. The quantitative estimate of drug-likeness (QED) is 0.872. The first kappa shape index (κ1) is 16.0.